The van der Waals surface area contributed by atoms with Crippen molar-refractivity contribution in [3.8, 4) is 0 Å². The zero-order valence-corrected chi connectivity index (χ0v) is 26.6. The van der Waals surface area contributed by atoms with Crippen molar-refractivity contribution in [3.05, 3.63) is 156 Å². The number of nitrogens with one attached hydrogen (secondary N) is 2. The van der Waals surface area contributed by atoms with Crippen LogP contribution in [0.15, 0.2) is 133 Å². The lowest BCUT2D eigenvalue weighted by atomic mass is 9.90. The van der Waals surface area contributed by atoms with Crippen LogP contribution in [0.4, 0.5) is 11.4 Å². The van der Waals surface area contributed by atoms with E-state index in [1.165, 1.54) is 0 Å². The summed E-state index contributed by atoms with van der Waals surface area (Å²) in [6, 6.07) is 42.2. The number of hydrogen-bond acceptors (Lipinski definition) is 6. The van der Waals surface area contributed by atoms with Gasteiger partial charge in [0.15, 0.2) is 12.6 Å². The third-order valence-corrected chi connectivity index (χ3v) is 9.13. The van der Waals surface area contributed by atoms with Crippen LogP contribution in [-0.4, -0.2) is 38.2 Å². The standard InChI is InChI=1S/C41H34N2O6/c44-37(42-35-13-5-9-27-7-1-3-11-33(27)35)29-15-19-31(20-16-29)39-46-23-41(24-47-39)25-48-40(49-26-41)32-21-17-30(18-22-32)38(45)43-36-14-6-10-28-8-2-4-12-34(28)36/h1-22,39-40H,23-26H2,(H,42,44)(H,43,45). The van der Waals surface area contributed by atoms with Crippen molar-refractivity contribution >= 4 is 44.7 Å². The number of fused-ring (bicyclic) bond motifs is 2. The van der Waals surface area contributed by atoms with Crippen LogP contribution in [0, 0.1) is 5.41 Å². The van der Waals surface area contributed by atoms with Gasteiger partial charge in [0.05, 0.1) is 31.8 Å². The maximum absolute atomic E-state index is 13.0. The second-order valence-corrected chi connectivity index (χ2v) is 12.6. The smallest absolute Gasteiger partial charge is 0.255 e. The molecule has 244 valence electrons. The Balaban J connectivity index is 0.835. The van der Waals surface area contributed by atoms with Crippen molar-refractivity contribution in [2.45, 2.75) is 12.6 Å². The number of hydrogen-bond donors (Lipinski definition) is 2. The van der Waals surface area contributed by atoms with Crippen molar-refractivity contribution in [3.63, 3.8) is 0 Å². The van der Waals surface area contributed by atoms with E-state index in [0.717, 1.165) is 44.0 Å². The molecule has 49 heavy (non-hydrogen) atoms. The zero-order valence-electron chi connectivity index (χ0n) is 26.6. The van der Waals surface area contributed by atoms with Crippen molar-refractivity contribution in [2.24, 2.45) is 5.41 Å². The molecule has 0 aliphatic carbocycles. The summed E-state index contributed by atoms with van der Waals surface area (Å²) in [6.07, 6.45) is -1.10. The van der Waals surface area contributed by atoms with Gasteiger partial charge in [-0.25, -0.2) is 0 Å². The minimum atomic E-state index is -0.550. The lowest BCUT2D eigenvalue weighted by Crippen LogP contribution is -2.49. The first kappa shape index (κ1) is 30.9. The van der Waals surface area contributed by atoms with E-state index in [-0.39, 0.29) is 11.8 Å². The molecule has 2 heterocycles. The summed E-state index contributed by atoms with van der Waals surface area (Å²) < 4.78 is 24.5. The Labute approximate surface area is 283 Å². The highest BCUT2D eigenvalue weighted by Gasteiger charge is 2.42. The fraction of sp³-hybridized carbons (Fsp3) is 0.171. The second-order valence-electron chi connectivity index (χ2n) is 12.6. The van der Waals surface area contributed by atoms with Gasteiger partial charge in [0.25, 0.3) is 11.8 Å². The van der Waals surface area contributed by atoms with Crippen LogP contribution in [0.5, 0.6) is 0 Å². The van der Waals surface area contributed by atoms with Gasteiger partial charge < -0.3 is 29.6 Å². The zero-order chi connectivity index (χ0) is 33.2. The van der Waals surface area contributed by atoms with Crippen LogP contribution >= 0.6 is 0 Å². The number of carbonyl (C=O) groups excluding carboxylic acids is 2. The Morgan fingerprint density at radius 1 is 0.469 bits per heavy atom. The van der Waals surface area contributed by atoms with Gasteiger partial charge in [0.2, 0.25) is 0 Å². The quantitative estimate of drug-likeness (QED) is 0.188. The molecule has 2 fully saturated rings. The minimum Gasteiger partial charge on any atom is -0.348 e. The first-order valence-electron chi connectivity index (χ1n) is 16.3. The maximum atomic E-state index is 13.0. The SMILES string of the molecule is O=C(Nc1cccc2ccccc12)c1ccc(C2OCC3(CO2)COC(c2ccc(C(=O)Nc4cccc5ccccc45)cc2)OC3)cc1. The topological polar surface area (TPSA) is 95.1 Å². The second kappa shape index (κ2) is 13.3. The van der Waals surface area contributed by atoms with Crippen molar-refractivity contribution in [1.29, 1.82) is 0 Å². The summed E-state index contributed by atoms with van der Waals surface area (Å²) >= 11 is 0. The molecule has 0 unspecified atom stereocenters. The van der Waals surface area contributed by atoms with Crippen LogP contribution in [0.2, 0.25) is 0 Å². The highest BCUT2D eigenvalue weighted by molar-refractivity contribution is 6.10. The van der Waals surface area contributed by atoms with Crippen molar-refractivity contribution in [2.75, 3.05) is 37.1 Å². The first-order chi connectivity index (χ1) is 24.0. The summed E-state index contributed by atoms with van der Waals surface area (Å²) in [5, 5.41) is 10.2. The summed E-state index contributed by atoms with van der Waals surface area (Å²) in [7, 11) is 0. The summed E-state index contributed by atoms with van der Waals surface area (Å²) in [5.74, 6) is -0.366. The number of anilines is 2. The first-order valence-corrected chi connectivity index (χ1v) is 16.3. The number of amides is 2. The number of rotatable bonds is 6. The number of ether oxygens (including phenoxy) is 4. The molecular formula is C41H34N2O6. The molecule has 2 amide bonds. The van der Waals surface area contributed by atoms with E-state index in [1.807, 2.05) is 109 Å². The van der Waals surface area contributed by atoms with Crippen LogP contribution in [0.1, 0.15) is 44.4 Å². The molecule has 1 spiro atoms. The van der Waals surface area contributed by atoms with Crippen molar-refractivity contribution in [1.82, 2.24) is 0 Å². The fourth-order valence-corrected chi connectivity index (χ4v) is 6.38. The summed E-state index contributed by atoms with van der Waals surface area (Å²) in [5.41, 5.74) is 3.86. The van der Waals surface area contributed by atoms with E-state index in [2.05, 4.69) is 10.6 Å². The molecule has 0 radical (unpaired) electrons. The largest absolute Gasteiger partial charge is 0.348 e. The average molecular weight is 651 g/mol. The molecular weight excluding hydrogens is 616 g/mol. The van der Waals surface area contributed by atoms with E-state index >= 15 is 0 Å². The normalized spacial score (nSPS) is 20.7. The molecule has 0 bridgehead atoms. The van der Waals surface area contributed by atoms with Gasteiger partial charge in [-0.05, 0) is 47.2 Å². The van der Waals surface area contributed by atoms with Gasteiger partial charge in [0, 0.05) is 44.4 Å². The predicted molar refractivity (Wildman–Crippen MR) is 188 cm³/mol. The molecule has 8 heteroatoms. The van der Waals surface area contributed by atoms with Crippen LogP contribution in [0.25, 0.3) is 21.5 Å². The molecule has 8 nitrogen and oxygen atoms in total. The summed E-state index contributed by atoms with van der Waals surface area (Å²) in [4.78, 5) is 26.0. The van der Waals surface area contributed by atoms with E-state index < -0.39 is 18.0 Å². The Morgan fingerprint density at radius 3 is 1.24 bits per heavy atom. The van der Waals surface area contributed by atoms with E-state index in [0.29, 0.717) is 37.6 Å². The van der Waals surface area contributed by atoms with E-state index in [4.69, 9.17) is 18.9 Å². The van der Waals surface area contributed by atoms with E-state index in [9.17, 15) is 9.59 Å². The Kier molecular flexibility index (Phi) is 8.37. The van der Waals surface area contributed by atoms with Crippen LogP contribution in [-0.2, 0) is 18.9 Å². The third kappa shape index (κ3) is 6.42. The number of carbonyl (C=O) groups is 2. The molecule has 2 aliphatic rings. The molecule has 6 aromatic rings. The number of benzene rings is 6. The Hall–Kier alpha value is -5.38. The lowest BCUT2D eigenvalue weighted by molar-refractivity contribution is -0.307. The Bertz CT molecular complexity index is 1960. The predicted octanol–water partition coefficient (Wildman–Crippen LogP) is 8.28. The molecule has 2 N–H and O–H groups in total. The highest BCUT2D eigenvalue weighted by atomic mass is 16.7. The van der Waals surface area contributed by atoms with Gasteiger partial charge in [-0.15, -0.1) is 0 Å². The minimum absolute atomic E-state index is 0.183. The maximum Gasteiger partial charge on any atom is 0.255 e. The van der Waals surface area contributed by atoms with Gasteiger partial charge >= 0.3 is 0 Å². The average Bonchev–Trinajstić information content (AvgIpc) is 3.16. The molecule has 2 saturated heterocycles. The molecule has 0 saturated carbocycles. The monoisotopic (exact) mass is 650 g/mol. The molecule has 2 aliphatic heterocycles. The van der Waals surface area contributed by atoms with Crippen molar-refractivity contribution < 1.29 is 28.5 Å². The van der Waals surface area contributed by atoms with Gasteiger partial charge in [-0.3, -0.25) is 9.59 Å². The van der Waals surface area contributed by atoms with E-state index in [1.54, 1.807) is 24.3 Å². The molecule has 8 rings (SSSR count). The molecule has 6 aromatic carbocycles. The fourth-order valence-electron chi connectivity index (χ4n) is 6.38. The van der Waals surface area contributed by atoms with Gasteiger partial charge in [0.1, 0.15) is 0 Å². The van der Waals surface area contributed by atoms with Gasteiger partial charge in [-0.1, -0.05) is 97.1 Å². The Morgan fingerprint density at radius 2 is 0.837 bits per heavy atom. The van der Waals surface area contributed by atoms with Crippen LogP contribution < -0.4 is 10.6 Å². The molecule has 0 aromatic heterocycles. The van der Waals surface area contributed by atoms with Gasteiger partial charge in [-0.2, -0.15) is 0 Å². The third-order valence-electron chi connectivity index (χ3n) is 9.13. The highest BCUT2D eigenvalue weighted by Crippen LogP contribution is 2.38. The lowest BCUT2D eigenvalue weighted by Gasteiger charge is -2.43. The molecule has 0 atom stereocenters. The summed E-state index contributed by atoms with van der Waals surface area (Å²) in [6.45, 7) is 1.62. The van der Waals surface area contributed by atoms with Crippen LogP contribution in [0.3, 0.4) is 0 Å².